The van der Waals surface area contributed by atoms with Crippen LogP contribution in [0, 0.1) is 5.92 Å². The number of nitrogens with one attached hydrogen (secondary N) is 2. The number of piperidine rings is 1. The van der Waals surface area contributed by atoms with E-state index >= 15 is 0 Å². The second-order valence-corrected chi connectivity index (χ2v) is 7.35. The molecule has 2 N–H and O–H groups in total. The lowest BCUT2D eigenvalue weighted by molar-refractivity contribution is 0.163. The molecular formula is C19H26N4O. The molecular weight excluding hydrogens is 300 g/mol. The topological polar surface area (TPSA) is 61.0 Å². The smallest absolute Gasteiger partial charge is 0.317 e. The van der Waals surface area contributed by atoms with Gasteiger partial charge in [-0.25, -0.2) is 9.78 Å². The quantitative estimate of drug-likeness (QED) is 0.904. The summed E-state index contributed by atoms with van der Waals surface area (Å²) in [5.41, 5.74) is 2.08. The molecule has 4 rings (SSSR count). The standard InChI is InChI=1S/C19H26N4O/c1-13(14-6-4-7-14)20-19(24)23-11-5-8-15(12-23)18-21-16-9-2-3-10-17(16)22-18/h2-3,9-10,13-15H,4-8,11-12H2,1H3,(H,20,24)(H,21,22). The second kappa shape index (κ2) is 6.46. The summed E-state index contributed by atoms with van der Waals surface area (Å²) in [6.07, 6.45) is 5.93. The normalized spacial score (nSPS) is 23.0. The molecule has 5 heteroatoms. The number of hydrogen-bond acceptors (Lipinski definition) is 2. The Bertz CT molecular complexity index is 688. The molecule has 24 heavy (non-hydrogen) atoms. The number of para-hydroxylation sites is 2. The zero-order valence-electron chi connectivity index (χ0n) is 14.3. The van der Waals surface area contributed by atoms with Crippen molar-refractivity contribution in [3.8, 4) is 0 Å². The lowest BCUT2D eigenvalue weighted by Gasteiger charge is -2.36. The number of H-pyrrole nitrogens is 1. The van der Waals surface area contributed by atoms with Crippen molar-refractivity contribution in [1.29, 1.82) is 0 Å². The van der Waals surface area contributed by atoms with Gasteiger partial charge in [0.05, 0.1) is 11.0 Å². The molecule has 2 aromatic rings. The van der Waals surface area contributed by atoms with Crippen molar-refractivity contribution in [2.24, 2.45) is 5.92 Å². The van der Waals surface area contributed by atoms with Gasteiger partial charge < -0.3 is 15.2 Å². The maximum Gasteiger partial charge on any atom is 0.317 e. The SMILES string of the molecule is CC(NC(=O)N1CCCC(c2nc3ccccc3[nH]2)C1)C1CCC1. The van der Waals surface area contributed by atoms with Crippen molar-refractivity contribution < 1.29 is 4.79 Å². The second-order valence-electron chi connectivity index (χ2n) is 7.35. The van der Waals surface area contributed by atoms with E-state index in [1.807, 2.05) is 23.1 Å². The predicted molar refractivity (Wildman–Crippen MR) is 95.0 cm³/mol. The largest absolute Gasteiger partial charge is 0.342 e. The van der Waals surface area contributed by atoms with Crippen LogP contribution in [0.4, 0.5) is 4.79 Å². The Balaban J connectivity index is 1.42. The molecule has 2 aliphatic rings. The molecule has 0 bridgehead atoms. The van der Waals surface area contributed by atoms with Crippen LogP contribution in [0.25, 0.3) is 11.0 Å². The highest BCUT2D eigenvalue weighted by Crippen LogP contribution is 2.30. The van der Waals surface area contributed by atoms with Crippen molar-refractivity contribution in [1.82, 2.24) is 20.2 Å². The van der Waals surface area contributed by atoms with Gasteiger partial charge in [0.2, 0.25) is 0 Å². The summed E-state index contributed by atoms with van der Waals surface area (Å²) in [6.45, 7) is 3.74. The van der Waals surface area contributed by atoms with Crippen LogP contribution in [0.5, 0.6) is 0 Å². The molecule has 128 valence electrons. The third-order valence-electron chi connectivity index (χ3n) is 5.71. The zero-order valence-corrected chi connectivity index (χ0v) is 14.3. The van der Waals surface area contributed by atoms with Gasteiger partial charge in [-0.15, -0.1) is 0 Å². The number of hydrogen-bond donors (Lipinski definition) is 2. The molecule has 1 aliphatic carbocycles. The Morgan fingerprint density at radius 1 is 1.29 bits per heavy atom. The molecule has 2 unspecified atom stereocenters. The number of urea groups is 1. The van der Waals surface area contributed by atoms with Gasteiger partial charge in [0.25, 0.3) is 0 Å². The molecule has 2 atom stereocenters. The van der Waals surface area contributed by atoms with E-state index in [1.165, 1.54) is 19.3 Å². The highest BCUT2D eigenvalue weighted by Gasteiger charge is 2.30. The van der Waals surface area contributed by atoms with Crippen LogP contribution in [0.2, 0.25) is 0 Å². The summed E-state index contributed by atoms with van der Waals surface area (Å²) in [7, 11) is 0. The lowest BCUT2D eigenvalue weighted by atomic mass is 9.80. The minimum atomic E-state index is 0.0928. The first-order valence-corrected chi connectivity index (χ1v) is 9.21. The van der Waals surface area contributed by atoms with Crippen LogP contribution in [0.3, 0.4) is 0 Å². The average molecular weight is 326 g/mol. The van der Waals surface area contributed by atoms with E-state index in [1.54, 1.807) is 0 Å². The molecule has 1 aromatic carbocycles. The van der Waals surface area contributed by atoms with Gasteiger partial charge in [0.15, 0.2) is 0 Å². The van der Waals surface area contributed by atoms with E-state index in [4.69, 9.17) is 4.98 Å². The van der Waals surface area contributed by atoms with Crippen LogP contribution < -0.4 is 5.32 Å². The molecule has 1 saturated heterocycles. The monoisotopic (exact) mass is 326 g/mol. The molecule has 0 spiro atoms. The Morgan fingerprint density at radius 3 is 2.88 bits per heavy atom. The number of aromatic nitrogens is 2. The van der Waals surface area contributed by atoms with E-state index in [-0.39, 0.29) is 12.1 Å². The van der Waals surface area contributed by atoms with Crippen molar-refractivity contribution in [2.45, 2.75) is 51.0 Å². The Kier molecular flexibility index (Phi) is 4.17. The third-order valence-corrected chi connectivity index (χ3v) is 5.71. The summed E-state index contributed by atoms with van der Waals surface area (Å²) in [5, 5.41) is 3.21. The van der Waals surface area contributed by atoms with E-state index in [0.29, 0.717) is 11.8 Å². The molecule has 2 fully saturated rings. The van der Waals surface area contributed by atoms with E-state index in [0.717, 1.165) is 42.8 Å². The summed E-state index contributed by atoms with van der Waals surface area (Å²) in [6, 6.07) is 8.50. The molecule has 2 amide bonds. The van der Waals surface area contributed by atoms with Gasteiger partial charge in [0.1, 0.15) is 5.82 Å². The Morgan fingerprint density at radius 2 is 2.12 bits per heavy atom. The molecule has 1 saturated carbocycles. The minimum Gasteiger partial charge on any atom is -0.342 e. The number of imidazole rings is 1. The number of benzene rings is 1. The van der Waals surface area contributed by atoms with Crippen LogP contribution in [-0.2, 0) is 0 Å². The summed E-state index contributed by atoms with van der Waals surface area (Å²) in [5.74, 6) is 1.99. The first-order chi connectivity index (χ1) is 11.7. The summed E-state index contributed by atoms with van der Waals surface area (Å²) >= 11 is 0. The summed E-state index contributed by atoms with van der Waals surface area (Å²) in [4.78, 5) is 22.7. The number of rotatable bonds is 3. The number of fused-ring (bicyclic) bond motifs is 1. The first kappa shape index (κ1) is 15.5. The molecule has 2 heterocycles. The minimum absolute atomic E-state index is 0.0928. The number of aromatic amines is 1. The van der Waals surface area contributed by atoms with Gasteiger partial charge in [-0.05, 0) is 50.7 Å². The van der Waals surface area contributed by atoms with E-state index in [9.17, 15) is 4.79 Å². The zero-order chi connectivity index (χ0) is 16.5. The highest BCUT2D eigenvalue weighted by atomic mass is 16.2. The van der Waals surface area contributed by atoms with Crippen molar-refractivity contribution in [3.05, 3.63) is 30.1 Å². The number of likely N-dealkylation sites (tertiary alicyclic amines) is 1. The summed E-state index contributed by atoms with van der Waals surface area (Å²) < 4.78 is 0. The predicted octanol–water partition coefficient (Wildman–Crippen LogP) is 3.64. The fraction of sp³-hybridized carbons (Fsp3) is 0.579. The van der Waals surface area contributed by atoms with Crippen LogP contribution in [0.15, 0.2) is 24.3 Å². The lowest BCUT2D eigenvalue weighted by Crippen LogP contribution is -2.50. The number of amides is 2. The van der Waals surface area contributed by atoms with E-state index in [2.05, 4.69) is 23.3 Å². The number of carbonyl (C=O) groups excluding carboxylic acids is 1. The molecule has 1 aliphatic heterocycles. The van der Waals surface area contributed by atoms with Crippen molar-refractivity contribution in [2.75, 3.05) is 13.1 Å². The fourth-order valence-corrected chi connectivity index (χ4v) is 3.89. The number of carbonyl (C=O) groups is 1. The third kappa shape index (κ3) is 2.99. The number of nitrogens with zero attached hydrogens (tertiary/aromatic N) is 2. The fourth-order valence-electron chi connectivity index (χ4n) is 3.89. The molecule has 5 nitrogen and oxygen atoms in total. The maximum atomic E-state index is 12.6. The molecule has 0 radical (unpaired) electrons. The van der Waals surface area contributed by atoms with Gasteiger partial charge in [-0.2, -0.15) is 0 Å². The first-order valence-electron chi connectivity index (χ1n) is 9.21. The van der Waals surface area contributed by atoms with Gasteiger partial charge in [-0.1, -0.05) is 18.6 Å². The van der Waals surface area contributed by atoms with E-state index < -0.39 is 0 Å². The highest BCUT2D eigenvalue weighted by molar-refractivity contribution is 5.76. The van der Waals surface area contributed by atoms with Gasteiger partial charge in [-0.3, -0.25) is 0 Å². The Hall–Kier alpha value is -2.04. The van der Waals surface area contributed by atoms with Gasteiger partial charge >= 0.3 is 6.03 Å². The van der Waals surface area contributed by atoms with Crippen molar-refractivity contribution >= 4 is 17.1 Å². The molecule has 1 aromatic heterocycles. The van der Waals surface area contributed by atoms with Crippen LogP contribution in [0.1, 0.15) is 50.8 Å². The Labute approximate surface area is 142 Å². The van der Waals surface area contributed by atoms with Gasteiger partial charge in [0, 0.05) is 25.0 Å². The average Bonchev–Trinajstić information content (AvgIpc) is 2.97. The van der Waals surface area contributed by atoms with Crippen LogP contribution in [-0.4, -0.2) is 40.0 Å². The maximum absolute atomic E-state index is 12.6. The van der Waals surface area contributed by atoms with Crippen LogP contribution >= 0.6 is 0 Å². The van der Waals surface area contributed by atoms with Crippen molar-refractivity contribution in [3.63, 3.8) is 0 Å².